The predicted molar refractivity (Wildman–Crippen MR) is 118 cm³/mol. The maximum absolute atomic E-state index is 12.7. The molecule has 0 aliphatic carbocycles. The molecule has 156 valence electrons. The maximum Gasteiger partial charge on any atom is 0.335 e. The molecule has 0 radical (unpaired) electrons. The summed E-state index contributed by atoms with van der Waals surface area (Å²) in [6.07, 6.45) is 1.40. The van der Waals surface area contributed by atoms with Crippen LogP contribution in [0.5, 0.6) is 0 Å². The highest BCUT2D eigenvalue weighted by atomic mass is 35.5. The van der Waals surface area contributed by atoms with E-state index in [2.05, 4.69) is 0 Å². The second-order valence-corrected chi connectivity index (χ2v) is 7.75. The summed E-state index contributed by atoms with van der Waals surface area (Å²) >= 11 is 12.4. The second-order valence-electron chi connectivity index (χ2n) is 6.90. The summed E-state index contributed by atoms with van der Waals surface area (Å²) in [6, 6.07) is 13.2. The van der Waals surface area contributed by atoms with Crippen molar-refractivity contribution < 1.29 is 14.7 Å². The van der Waals surface area contributed by atoms with Crippen molar-refractivity contribution >= 4 is 35.0 Å². The van der Waals surface area contributed by atoms with E-state index in [0.717, 1.165) is 0 Å². The van der Waals surface area contributed by atoms with E-state index in [1.807, 2.05) is 6.07 Å². The fourth-order valence-electron chi connectivity index (χ4n) is 3.14. The molecule has 3 aromatic rings. The number of carbonyl (C=O) groups is 2. The number of ketones is 1. The monoisotopic (exact) mass is 454 g/mol. The first-order chi connectivity index (χ1) is 14.7. The van der Waals surface area contributed by atoms with Crippen molar-refractivity contribution in [2.45, 2.75) is 19.4 Å². The first-order valence-electron chi connectivity index (χ1n) is 9.18. The number of carbonyl (C=O) groups excluding carboxylic acids is 1. The van der Waals surface area contributed by atoms with Gasteiger partial charge in [-0.25, -0.2) is 4.79 Å². The SMILES string of the molecule is CC(C(=O)Cc1ccc(C(=O)O)cc1)n1cc(Cl)c(-c2cc(Cl)ccc2C#N)cc1=O. The molecule has 1 heterocycles. The van der Waals surface area contributed by atoms with Crippen molar-refractivity contribution in [1.82, 2.24) is 4.57 Å². The Morgan fingerprint density at radius 1 is 1.10 bits per heavy atom. The third kappa shape index (κ3) is 4.85. The number of hydrogen-bond acceptors (Lipinski definition) is 4. The fourth-order valence-corrected chi connectivity index (χ4v) is 3.57. The molecule has 8 heteroatoms. The van der Waals surface area contributed by atoms with Crippen molar-refractivity contribution in [2.75, 3.05) is 0 Å². The molecule has 0 bridgehead atoms. The highest BCUT2D eigenvalue weighted by Crippen LogP contribution is 2.31. The molecule has 0 fully saturated rings. The number of rotatable bonds is 6. The number of hydrogen-bond donors (Lipinski definition) is 1. The molecule has 31 heavy (non-hydrogen) atoms. The molecule has 0 saturated heterocycles. The predicted octanol–water partition coefficient (Wildman–Crippen LogP) is 4.76. The molecule has 6 nitrogen and oxygen atoms in total. The topological polar surface area (TPSA) is 100 Å². The van der Waals surface area contributed by atoms with Crippen LogP contribution in [0, 0.1) is 11.3 Å². The zero-order chi connectivity index (χ0) is 22.7. The molecule has 0 saturated carbocycles. The average molecular weight is 455 g/mol. The molecule has 0 aliphatic heterocycles. The number of halogens is 2. The molecular weight excluding hydrogens is 439 g/mol. The lowest BCUT2D eigenvalue weighted by molar-refractivity contribution is -0.121. The summed E-state index contributed by atoms with van der Waals surface area (Å²) in [5, 5.41) is 18.9. The smallest absolute Gasteiger partial charge is 0.335 e. The molecular formula is C23H16Cl2N2O4. The first kappa shape index (κ1) is 22.3. The minimum atomic E-state index is -1.05. The van der Waals surface area contributed by atoms with Gasteiger partial charge in [0.25, 0.3) is 5.56 Å². The second kappa shape index (κ2) is 9.17. The average Bonchev–Trinajstić information content (AvgIpc) is 2.74. The number of carboxylic acid groups (broad SMARTS) is 1. The van der Waals surface area contributed by atoms with Crippen LogP contribution >= 0.6 is 23.2 Å². The number of aromatic carboxylic acids is 1. The Morgan fingerprint density at radius 2 is 1.77 bits per heavy atom. The normalized spacial score (nSPS) is 11.5. The Morgan fingerprint density at radius 3 is 2.39 bits per heavy atom. The molecule has 1 aromatic heterocycles. The van der Waals surface area contributed by atoms with Gasteiger partial charge < -0.3 is 9.67 Å². The lowest BCUT2D eigenvalue weighted by Gasteiger charge is -2.16. The van der Waals surface area contributed by atoms with Crippen LogP contribution in [0.3, 0.4) is 0 Å². The van der Waals surface area contributed by atoms with Gasteiger partial charge in [0.2, 0.25) is 0 Å². The summed E-state index contributed by atoms with van der Waals surface area (Å²) in [5.74, 6) is -1.29. The van der Waals surface area contributed by atoms with E-state index in [0.29, 0.717) is 27.3 Å². The molecule has 3 rings (SSSR count). The Bertz CT molecular complexity index is 1270. The van der Waals surface area contributed by atoms with Gasteiger partial charge >= 0.3 is 5.97 Å². The summed E-state index contributed by atoms with van der Waals surface area (Å²) in [6.45, 7) is 1.59. The van der Waals surface area contributed by atoms with Gasteiger partial charge in [-0.3, -0.25) is 9.59 Å². The number of benzene rings is 2. The highest BCUT2D eigenvalue weighted by Gasteiger charge is 2.19. The number of Topliss-reactive ketones (excluding diaryl/α,β-unsaturated/α-hetero) is 1. The molecule has 1 N–H and O–H groups in total. The van der Waals surface area contributed by atoms with Crippen LogP contribution in [0.25, 0.3) is 11.1 Å². The van der Waals surface area contributed by atoms with Gasteiger partial charge in [0, 0.05) is 34.8 Å². The van der Waals surface area contributed by atoms with E-state index in [9.17, 15) is 19.6 Å². The largest absolute Gasteiger partial charge is 0.478 e. The van der Waals surface area contributed by atoms with Crippen LogP contribution < -0.4 is 5.56 Å². The minimum Gasteiger partial charge on any atom is -0.478 e. The number of nitrogens with zero attached hydrogens (tertiary/aromatic N) is 2. The summed E-state index contributed by atoms with van der Waals surface area (Å²) in [4.78, 5) is 36.4. The zero-order valence-corrected chi connectivity index (χ0v) is 17.8. The number of carboxylic acids is 1. The van der Waals surface area contributed by atoms with E-state index in [1.165, 1.54) is 29.0 Å². The maximum atomic E-state index is 12.7. The molecule has 0 aliphatic rings. The quantitative estimate of drug-likeness (QED) is 0.578. The molecule has 0 spiro atoms. The van der Waals surface area contributed by atoms with Crippen LogP contribution in [0.4, 0.5) is 0 Å². The lowest BCUT2D eigenvalue weighted by Crippen LogP contribution is -2.28. The fraction of sp³-hybridized carbons (Fsp3) is 0.130. The van der Waals surface area contributed by atoms with Crippen molar-refractivity contribution in [3.63, 3.8) is 0 Å². The Labute approximate surface area is 187 Å². The van der Waals surface area contributed by atoms with Gasteiger partial charge in [-0.2, -0.15) is 5.26 Å². The van der Waals surface area contributed by atoms with Gasteiger partial charge in [0.15, 0.2) is 5.78 Å². The van der Waals surface area contributed by atoms with Gasteiger partial charge in [-0.05, 0) is 42.8 Å². The van der Waals surface area contributed by atoms with E-state index >= 15 is 0 Å². The zero-order valence-electron chi connectivity index (χ0n) is 16.3. The van der Waals surface area contributed by atoms with E-state index in [4.69, 9.17) is 28.3 Å². The van der Waals surface area contributed by atoms with Crippen molar-refractivity contribution in [3.05, 3.63) is 91.8 Å². The van der Waals surface area contributed by atoms with Crippen LogP contribution in [0.2, 0.25) is 10.0 Å². The van der Waals surface area contributed by atoms with Crippen molar-refractivity contribution in [3.8, 4) is 17.2 Å². The highest BCUT2D eigenvalue weighted by molar-refractivity contribution is 6.33. The molecule has 2 aromatic carbocycles. The Balaban J connectivity index is 1.90. The summed E-state index contributed by atoms with van der Waals surface area (Å²) < 4.78 is 1.23. The third-order valence-corrected chi connectivity index (χ3v) is 5.42. The van der Waals surface area contributed by atoms with Crippen LogP contribution in [0.1, 0.15) is 34.5 Å². The number of pyridine rings is 1. The van der Waals surface area contributed by atoms with Crippen molar-refractivity contribution in [1.29, 1.82) is 5.26 Å². The van der Waals surface area contributed by atoms with Crippen LogP contribution in [-0.4, -0.2) is 21.4 Å². The van der Waals surface area contributed by atoms with Gasteiger partial charge in [-0.15, -0.1) is 0 Å². The minimum absolute atomic E-state index is 0.0275. The van der Waals surface area contributed by atoms with E-state index < -0.39 is 17.6 Å². The first-order valence-corrected chi connectivity index (χ1v) is 9.93. The Hall–Kier alpha value is -3.40. The van der Waals surface area contributed by atoms with E-state index in [1.54, 1.807) is 37.3 Å². The number of aromatic nitrogens is 1. The molecule has 0 amide bonds. The lowest BCUT2D eigenvalue weighted by atomic mass is 10.0. The molecule has 1 unspecified atom stereocenters. The number of nitriles is 1. The van der Waals surface area contributed by atoms with Crippen LogP contribution in [-0.2, 0) is 11.2 Å². The van der Waals surface area contributed by atoms with E-state index in [-0.39, 0.29) is 22.8 Å². The Kier molecular flexibility index (Phi) is 6.59. The van der Waals surface area contributed by atoms with Crippen LogP contribution in [0.15, 0.2) is 59.5 Å². The molecule has 1 atom stereocenters. The van der Waals surface area contributed by atoms with Gasteiger partial charge in [-0.1, -0.05) is 35.3 Å². The van der Waals surface area contributed by atoms with Gasteiger partial charge in [0.05, 0.1) is 28.3 Å². The third-order valence-electron chi connectivity index (χ3n) is 4.89. The van der Waals surface area contributed by atoms with Crippen molar-refractivity contribution in [2.24, 2.45) is 0 Å². The summed E-state index contributed by atoms with van der Waals surface area (Å²) in [5.41, 5.74) is 1.41. The standard InChI is InChI=1S/C23H16Cl2N2O4/c1-13(21(28)8-14-2-4-15(5-3-14)23(30)31)27-12-20(25)19(10-22(27)29)18-9-17(24)7-6-16(18)11-26/h2-7,9-10,12-13H,8H2,1H3,(H,30,31). The summed E-state index contributed by atoms with van der Waals surface area (Å²) in [7, 11) is 0. The van der Waals surface area contributed by atoms with Gasteiger partial charge in [0.1, 0.15) is 0 Å².